The Hall–Kier alpha value is -1.59. The second-order valence-corrected chi connectivity index (χ2v) is 7.80. The van der Waals surface area contributed by atoms with Crippen molar-refractivity contribution in [3.8, 4) is 16.3 Å². The Morgan fingerprint density at radius 3 is 2.81 bits per heavy atom. The molecule has 0 aliphatic heterocycles. The van der Waals surface area contributed by atoms with Crippen molar-refractivity contribution in [2.75, 3.05) is 0 Å². The summed E-state index contributed by atoms with van der Waals surface area (Å²) in [5, 5.41) is 17.5. The van der Waals surface area contributed by atoms with Crippen molar-refractivity contribution in [3.05, 3.63) is 69.2 Å². The number of halogens is 2. The van der Waals surface area contributed by atoms with Gasteiger partial charge >= 0.3 is 0 Å². The number of benzene rings is 1. The van der Waals surface area contributed by atoms with Crippen LogP contribution in [0.15, 0.2) is 42.3 Å². The van der Waals surface area contributed by atoms with Crippen LogP contribution in [-0.2, 0) is 13.0 Å². The number of thiophene rings is 1. The van der Waals surface area contributed by atoms with Crippen LogP contribution in [0.2, 0.25) is 10.0 Å². The maximum Gasteiger partial charge on any atom is 0.0919 e. The fraction of sp³-hybridized carbons (Fsp3) is 0.250. The van der Waals surface area contributed by atoms with Crippen LogP contribution in [0.4, 0.5) is 0 Å². The summed E-state index contributed by atoms with van der Waals surface area (Å²) in [7, 11) is 0. The molecule has 0 saturated carbocycles. The van der Waals surface area contributed by atoms with Gasteiger partial charge in [-0.25, -0.2) is 4.68 Å². The Bertz CT molecular complexity index is 930. The van der Waals surface area contributed by atoms with E-state index in [9.17, 15) is 5.11 Å². The molecule has 26 heavy (non-hydrogen) atoms. The van der Waals surface area contributed by atoms with Crippen LogP contribution in [-0.4, -0.2) is 14.9 Å². The molecule has 3 rings (SSSR count). The van der Waals surface area contributed by atoms with Gasteiger partial charge in [0.1, 0.15) is 0 Å². The third-order valence-corrected chi connectivity index (χ3v) is 5.83. The molecule has 0 saturated heterocycles. The number of aromatic nitrogens is 2. The van der Waals surface area contributed by atoms with Crippen molar-refractivity contribution in [1.29, 1.82) is 0 Å². The van der Waals surface area contributed by atoms with Gasteiger partial charge in [0.25, 0.3) is 0 Å². The maximum absolute atomic E-state index is 9.72. The summed E-state index contributed by atoms with van der Waals surface area (Å²) in [6, 6.07) is 7.51. The number of nitrogens with zero attached hydrogens (tertiary/aromatic N) is 2. The number of aliphatic hydroxyl groups is 1. The number of aryl methyl sites for hydroxylation is 1. The Labute approximate surface area is 167 Å². The van der Waals surface area contributed by atoms with Crippen LogP contribution in [0.25, 0.3) is 16.3 Å². The molecule has 0 aliphatic carbocycles. The van der Waals surface area contributed by atoms with E-state index in [0.717, 1.165) is 41.1 Å². The number of allylic oxidation sites excluding steroid dienone is 1. The standard InChI is InChI=1S/C20H20Cl2N2OS/c1-3-4-5-6-14-9-10-26-20(14)19-13(2)17(12-25)23-24(19)18-8-7-15(21)11-16(18)22/h3,7-11,25H,1,4-6,12H2,2H3. The molecular weight excluding hydrogens is 387 g/mol. The smallest absolute Gasteiger partial charge is 0.0919 e. The molecule has 0 unspecified atom stereocenters. The first-order valence-electron chi connectivity index (χ1n) is 8.39. The van der Waals surface area contributed by atoms with E-state index in [1.165, 1.54) is 5.56 Å². The average Bonchev–Trinajstić information content (AvgIpc) is 3.19. The lowest BCUT2D eigenvalue weighted by atomic mass is 10.1. The normalized spacial score (nSPS) is 11.1. The Morgan fingerprint density at radius 1 is 1.31 bits per heavy atom. The average molecular weight is 407 g/mol. The Morgan fingerprint density at radius 2 is 2.12 bits per heavy atom. The van der Waals surface area contributed by atoms with E-state index in [4.69, 9.17) is 23.2 Å². The van der Waals surface area contributed by atoms with Crippen molar-refractivity contribution in [3.63, 3.8) is 0 Å². The number of unbranched alkanes of at least 4 members (excludes halogenated alkanes) is 1. The van der Waals surface area contributed by atoms with Gasteiger partial charge in [0.2, 0.25) is 0 Å². The zero-order chi connectivity index (χ0) is 18.7. The quantitative estimate of drug-likeness (QED) is 0.373. The highest BCUT2D eigenvalue weighted by atomic mass is 35.5. The number of rotatable bonds is 7. The molecular formula is C20H20Cl2N2OS. The van der Waals surface area contributed by atoms with E-state index in [0.29, 0.717) is 15.7 Å². The molecule has 0 bridgehead atoms. The number of hydrogen-bond donors (Lipinski definition) is 1. The zero-order valence-electron chi connectivity index (χ0n) is 14.5. The molecule has 1 N–H and O–H groups in total. The predicted molar refractivity (Wildman–Crippen MR) is 111 cm³/mol. The van der Waals surface area contributed by atoms with Crippen LogP contribution in [0, 0.1) is 6.92 Å². The summed E-state index contributed by atoms with van der Waals surface area (Å²) < 4.78 is 1.82. The van der Waals surface area contributed by atoms with E-state index in [2.05, 4.69) is 23.1 Å². The molecule has 6 heteroatoms. The van der Waals surface area contributed by atoms with Crippen molar-refractivity contribution in [2.45, 2.75) is 32.8 Å². The minimum atomic E-state index is -0.117. The SMILES string of the molecule is C=CCCCc1ccsc1-c1c(C)c(CO)nn1-c1ccc(Cl)cc1Cl. The second kappa shape index (κ2) is 8.40. The van der Waals surface area contributed by atoms with E-state index in [-0.39, 0.29) is 6.61 Å². The van der Waals surface area contributed by atoms with E-state index in [1.807, 2.05) is 23.7 Å². The maximum atomic E-state index is 9.72. The van der Waals surface area contributed by atoms with Crippen molar-refractivity contribution >= 4 is 34.5 Å². The fourth-order valence-electron chi connectivity index (χ4n) is 2.96. The molecule has 0 radical (unpaired) electrons. The summed E-state index contributed by atoms with van der Waals surface area (Å²) in [5.41, 5.74) is 4.61. The van der Waals surface area contributed by atoms with Gasteiger partial charge in [0.05, 0.1) is 33.6 Å². The first-order valence-corrected chi connectivity index (χ1v) is 10.0. The largest absolute Gasteiger partial charge is 0.390 e. The van der Waals surface area contributed by atoms with Crippen molar-refractivity contribution in [2.24, 2.45) is 0 Å². The van der Waals surface area contributed by atoms with Gasteiger partial charge in [-0.05, 0) is 61.4 Å². The minimum Gasteiger partial charge on any atom is -0.390 e. The third kappa shape index (κ3) is 3.74. The van der Waals surface area contributed by atoms with Crippen LogP contribution in [0.1, 0.15) is 29.7 Å². The Kier molecular flexibility index (Phi) is 6.20. The molecule has 1 aromatic carbocycles. The second-order valence-electron chi connectivity index (χ2n) is 6.04. The molecule has 2 aromatic heterocycles. The number of hydrogen-bond acceptors (Lipinski definition) is 3. The summed E-state index contributed by atoms with van der Waals surface area (Å²) in [6.45, 7) is 5.67. The van der Waals surface area contributed by atoms with Gasteiger partial charge in [-0.1, -0.05) is 29.3 Å². The molecule has 0 spiro atoms. The molecule has 3 aromatic rings. The molecule has 3 nitrogen and oxygen atoms in total. The molecule has 0 fully saturated rings. The van der Waals surface area contributed by atoms with Crippen LogP contribution < -0.4 is 0 Å². The van der Waals surface area contributed by atoms with Gasteiger partial charge < -0.3 is 5.11 Å². The van der Waals surface area contributed by atoms with Crippen LogP contribution >= 0.6 is 34.5 Å². The lowest BCUT2D eigenvalue weighted by Crippen LogP contribution is -2.01. The minimum absolute atomic E-state index is 0.117. The summed E-state index contributed by atoms with van der Waals surface area (Å²) in [5.74, 6) is 0. The zero-order valence-corrected chi connectivity index (χ0v) is 16.8. The topological polar surface area (TPSA) is 38.1 Å². The van der Waals surface area contributed by atoms with Gasteiger partial charge in [-0.3, -0.25) is 0 Å². The Balaban J connectivity index is 2.14. The predicted octanol–water partition coefficient (Wildman–Crippen LogP) is 6.22. The molecule has 0 atom stereocenters. The third-order valence-electron chi connectivity index (χ3n) is 4.32. The van der Waals surface area contributed by atoms with Crippen molar-refractivity contribution < 1.29 is 5.11 Å². The fourth-order valence-corrected chi connectivity index (χ4v) is 4.49. The molecule has 2 heterocycles. The monoisotopic (exact) mass is 406 g/mol. The van der Waals surface area contributed by atoms with Crippen LogP contribution in [0.5, 0.6) is 0 Å². The summed E-state index contributed by atoms with van der Waals surface area (Å²) in [4.78, 5) is 1.16. The summed E-state index contributed by atoms with van der Waals surface area (Å²) in [6.07, 6.45) is 4.95. The van der Waals surface area contributed by atoms with E-state index >= 15 is 0 Å². The van der Waals surface area contributed by atoms with E-state index in [1.54, 1.807) is 23.5 Å². The highest BCUT2D eigenvalue weighted by Crippen LogP contribution is 2.37. The van der Waals surface area contributed by atoms with E-state index < -0.39 is 0 Å². The van der Waals surface area contributed by atoms with Crippen LogP contribution in [0.3, 0.4) is 0 Å². The number of aliphatic hydroxyl groups excluding tert-OH is 1. The summed E-state index contributed by atoms with van der Waals surface area (Å²) >= 11 is 14.2. The molecule has 0 amide bonds. The van der Waals surface area contributed by atoms with Crippen molar-refractivity contribution in [1.82, 2.24) is 9.78 Å². The van der Waals surface area contributed by atoms with Gasteiger partial charge in [-0.15, -0.1) is 17.9 Å². The highest BCUT2D eigenvalue weighted by molar-refractivity contribution is 7.13. The highest BCUT2D eigenvalue weighted by Gasteiger charge is 2.21. The lowest BCUT2D eigenvalue weighted by molar-refractivity contribution is 0.275. The molecule has 0 aliphatic rings. The van der Waals surface area contributed by atoms with Gasteiger partial charge in [0, 0.05) is 10.6 Å². The van der Waals surface area contributed by atoms with Gasteiger partial charge in [-0.2, -0.15) is 5.10 Å². The first kappa shape index (κ1) is 19.2. The lowest BCUT2D eigenvalue weighted by Gasteiger charge is -2.11. The molecule has 136 valence electrons. The first-order chi connectivity index (χ1) is 12.6. The van der Waals surface area contributed by atoms with Gasteiger partial charge in [0.15, 0.2) is 0 Å².